The minimum absolute atomic E-state index is 0.429. The summed E-state index contributed by atoms with van der Waals surface area (Å²) in [6.07, 6.45) is 1.07. The topological polar surface area (TPSA) is 44.7 Å². The Labute approximate surface area is 114 Å². The summed E-state index contributed by atoms with van der Waals surface area (Å²) < 4.78 is 5.48. The molecule has 2 aliphatic rings. The number of nitrogens with one attached hydrogen (secondary N) is 1. The maximum Gasteiger partial charge on any atom is 0.113 e. The number of β-amino-alcohol motifs (C(OH)–C–C–N with tert-alkyl or cyclic N) is 1. The molecule has 104 valence electrons. The van der Waals surface area contributed by atoms with Gasteiger partial charge in [0.25, 0.3) is 0 Å². The third-order valence-electron chi connectivity index (χ3n) is 3.98. The summed E-state index contributed by atoms with van der Waals surface area (Å²) in [6, 6.07) is 8.59. The van der Waals surface area contributed by atoms with Crippen LogP contribution in [0.1, 0.15) is 11.1 Å². The summed E-state index contributed by atoms with van der Waals surface area (Å²) in [7, 11) is 0. The summed E-state index contributed by atoms with van der Waals surface area (Å²) in [5.74, 6) is 0. The standard InChI is InChI=1S/C15H22N2O2/c18-15(10-16-6-8-19-12-15)11-17-7-5-13-3-1-2-4-14(13)9-17/h1-4,16,18H,5-12H2/t15-/m1/s1. The highest BCUT2D eigenvalue weighted by Crippen LogP contribution is 2.20. The molecular weight excluding hydrogens is 240 g/mol. The first-order valence-corrected chi connectivity index (χ1v) is 7.05. The lowest BCUT2D eigenvalue weighted by Crippen LogP contribution is -2.52. The smallest absolute Gasteiger partial charge is 0.113 e. The van der Waals surface area contributed by atoms with Crippen molar-refractivity contribution in [2.75, 3.05) is 39.4 Å². The van der Waals surface area contributed by atoms with Gasteiger partial charge in [-0.1, -0.05) is 24.3 Å². The van der Waals surface area contributed by atoms with Crippen molar-refractivity contribution < 1.29 is 9.84 Å². The molecule has 4 nitrogen and oxygen atoms in total. The molecule has 0 amide bonds. The molecule has 0 bridgehead atoms. The van der Waals surface area contributed by atoms with Crippen molar-refractivity contribution in [2.24, 2.45) is 0 Å². The summed E-state index contributed by atoms with van der Waals surface area (Å²) in [6.45, 7) is 5.17. The van der Waals surface area contributed by atoms with Crippen molar-refractivity contribution in [2.45, 2.75) is 18.6 Å². The van der Waals surface area contributed by atoms with Gasteiger partial charge < -0.3 is 15.2 Å². The molecule has 1 atom stereocenters. The van der Waals surface area contributed by atoms with Gasteiger partial charge in [-0.2, -0.15) is 0 Å². The first-order valence-electron chi connectivity index (χ1n) is 7.05. The van der Waals surface area contributed by atoms with Crippen LogP contribution < -0.4 is 5.32 Å². The van der Waals surface area contributed by atoms with E-state index in [1.807, 2.05) is 0 Å². The van der Waals surface area contributed by atoms with Crippen molar-refractivity contribution >= 4 is 0 Å². The van der Waals surface area contributed by atoms with Crippen LogP contribution in [-0.4, -0.2) is 55.0 Å². The van der Waals surface area contributed by atoms with Gasteiger partial charge in [0.2, 0.25) is 0 Å². The quantitative estimate of drug-likeness (QED) is 0.809. The maximum absolute atomic E-state index is 10.6. The Balaban J connectivity index is 1.65. The molecule has 1 saturated heterocycles. The lowest BCUT2D eigenvalue weighted by molar-refractivity contribution is -0.0510. The molecule has 4 heteroatoms. The zero-order valence-electron chi connectivity index (χ0n) is 11.3. The van der Waals surface area contributed by atoms with Gasteiger partial charge in [-0.15, -0.1) is 0 Å². The Morgan fingerprint density at radius 3 is 3.05 bits per heavy atom. The molecular formula is C15H22N2O2. The molecule has 1 fully saturated rings. The largest absolute Gasteiger partial charge is 0.385 e. The summed E-state index contributed by atoms with van der Waals surface area (Å²) in [5.41, 5.74) is 2.07. The highest BCUT2D eigenvalue weighted by atomic mass is 16.5. The van der Waals surface area contributed by atoms with E-state index in [0.29, 0.717) is 26.3 Å². The van der Waals surface area contributed by atoms with Gasteiger partial charge in [-0.05, 0) is 17.5 Å². The van der Waals surface area contributed by atoms with Crippen molar-refractivity contribution in [3.05, 3.63) is 35.4 Å². The second-order valence-corrected chi connectivity index (χ2v) is 5.68. The molecule has 0 aromatic heterocycles. The number of nitrogens with zero attached hydrogens (tertiary/aromatic N) is 1. The van der Waals surface area contributed by atoms with Crippen LogP contribution in [0.25, 0.3) is 0 Å². The van der Waals surface area contributed by atoms with E-state index in [9.17, 15) is 5.11 Å². The molecule has 1 aromatic carbocycles. The van der Waals surface area contributed by atoms with E-state index in [0.717, 1.165) is 26.1 Å². The fraction of sp³-hybridized carbons (Fsp3) is 0.600. The molecule has 1 aromatic rings. The number of ether oxygens (including phenoxy) is 1. The molecule has 2 aliphatic heterocycles. The monoisotopic (exact) mass is 262 g/mol. The maximum atomic E-state index is 10.6. The number of fused-ring (bicyclic) bond motifs is 1. The zero-order chi connectivity index (χ0) is 13.1. The third kappa shape index (κ3) is 3.15. The first-order chi connectivity index (χ1) is 9.25. The minimum Gasteiger partial charge on any atom is -0.385 e. The summed E-state index contributed by atoms with van der Waals surface area (Å²) in [4.78, 5) is 2.33. The zero-order valence-corrected chi connectivity index (χ0v) is 11.3. The molecule has 0 radical (unpaired) electrons. The van der Waals surface area contributed by atoms with Crippen LogP contribution in [0, 0.1) is 0 Å². The van der Waals surface area contributed by atoms with Crippen LogP contribution in [-0.2, 0) is 17.7 Å². The van der Waals surface area contributed by atoms with E-state index in [-0.39, 0.29) is 0 Å². The van der Waals surface area contributed by atoms with Gasteiger partial charge in [-0.25, -0.2) is 0 Å². The van der Waals surface area contributed by atoms with Gasteiger partial charge >= 0.3 is 0 Å². The molecule has 19 heavy (non-hydrogen) atoms. The van der Waals surface area contributed by atoms with Crippen LogP contribution in [0.3, 0.4) is 0 Å². The van der Waals surface area contributed by atoms with E-state index in [1.165, 1.54) is 11.1 Å². The number of rotatable bonds is 2. The number of aliphatic hydroxyl groups is 1. The predicted molar refractivity (Wildman–Crippen MR) is 74.1 cm³/mol. The average molecular weight is 262 g/mol. The lowest BCUT2D eigenvalue weighted by atomic mass is 9.97. The molecule has 2 heterocycles. The van der Waals surface area contributed by atoms with E-state index in [4.69, 9.17) is 4.74 Å². The van der Waals surface area contributed by atoms with Crippen LogP contribution in [0.5, 0.6) is 0 Å². The van der Waals surface area contributed by atoms with Crippen molar-refractivity contribution in [1.82, 2.24) is 10.2 Å². The predicted octanol–water partition coefficient (Wildman–Crippen LogP) is 0.396. The van der Waals surface area contributed by atoms with E-state index in [2.05, 4.69) is 34.5 Å². The Morgan fingerprint density at radius 1 is 1.32 bits per heavy atom. The van der Waals surface area contributed by atoms with Crippen LogP contribution in [0.2, 0.25) is 0 Å². The molecule has 0 spiro atoms. The van der Waals surface area contributed by atoms with Gasteiger partial charge in [0, 0.05) is 32.7 Å². The highest BCUT2D eigenvalue weighted by Gasteiger charge is 2.32. The number of hydrogen-bond acceptors (Lipinski definition) is 4. The number of benzene rings is 1. The molecule has 0 saturated carbocycles. The average Bonchev–Trinajstić information content (AvgIpc) is 2.63. The van der Waals surface area contributed by atoms with E-state index >= 15 is 0 Å². The Kier molecular flexibility index (Phi) is 3.84. The van der Waals surface area contributed by atoms with Crippen molar-refractivity contribution in [3.8, 4) is 0 Å². The molecule has 2 N–H and O–H groups in total. The minimum atomic E-state index is -0.761. The first kappa shape index (κ1) is 13.1. The Morgan fingerprint density at radius 2 is 2.16 bits per heavy atom. The molecule has 3 rings (SSSR count). The van der Waals surface area contributed by atoms with Crippen LogP contribution in [0.15, 0.2) is 24.3 Å². The van der Waals surface area contributed by atoms with Crippen molar-refractivity contribution in [1.29, 1.82) is 0 Å². The SMILES string of the molecule is O[C@@]1(CN2CCc3ccccc3C2)CNCCOC1. The number of hydrogen-bond donors (Lipinski definition) is 2. The van der Waals surface area contributed by atoms with E-state index < -0.39 is 5.60 Å². The third-order valence-corrected chi connectivity index (χ3v) is 3.98. The normalized spacial score (nSPS) is 28.7. The molecule has 0 aliphatic carbocycles. The Bertz CT molecular complexity index is 428. The second-order valence-electron chi connectivity index (χ2n) is 5.68. The van der Waals surface area contributed by atoms with Crippen LogP contribution >= 0.6 is 0 Å². The van der Waals surface area contributed by atoms with Crippen LogP contribution in [0.4, 0.5) is 0 Å². The Hall–Kier alpha value is -0.940. The highest BCUT2D eigenvalue weighted by molar-refractivity contribution is 5.29. The van der Waals surface area contributed by atoms with Gasteiger partial charge in [0.15, 0.2) is 0 Å². The fourth-order valence-corrected chi connectivity index (χ4v) is 2.99. The second kappa shape index (κ2) is 5.59. The summed E-state index contributed by atoms with van der Waals surface area (Å²) >= 11 is 0. The van der Waals surface area contributed by atoms with Gasteiger partial charge in [0.05, 0.1) is 13.2 Å². The van der Waals surface area contributed by atoms with E-state index in [1.54, 1.807) is 0 Å². The molecule has 0 unspecified atom stereocenters. The van der Waals surface area contributed by atoms with Gasteiger partial charge in [0.1, 0.15) is 5.60 Å². The van der Waals surface area contributed by atoms with Gasteiger partial charge in [-0.3, -0.25) is 4.90 Å². The van der Waals surface area contributed by atoms with Crippen molar-refractivity contribution in [3.63, 3.8) is 0 Å². The summed E-state index contributed by atoms with van der Waals surface area (Å²) in [5, 5.41) is 13.9. The fourth-order valence-electron chi connectivity index (χ4n) is 2.99. The lowest BCUT2D eigenvalue weighted by Gasteiger charge is -2.35.